The van der Waals surface area contributed by atoms with Gasteiger partial charge in [0.1, 0.15) is 5.82 Å². The first-order valence-electron chi connectivity index (χ1n) is 5.92. The van der Waals surface area contributed by atoms with Crippen molar-refractivity contribution in [3.63, 3.8) is 0 Å². The lowest BCUT2D eigenvalue weighted by molar-refractivity contribution is -0.141. The maximum atomic E-state index is 11.3. The second-order valence-electron chi connectivity index (χ2n) is 4.31. The van der Waals surface area contributed by atoms with Crippen LogP contribution in [0.1, 0.15) is 5.82 Å². The SMILES string of the molecule is Cc1nnc2c(N3CCOCC3C(=O)O)nccn12. The molecule has 1 unspecified atom stereocenters. The summed E-state index contributed by atoms with van der Waals surface area (Å²) in [6, 6.07) is -0.746. The van der Waals surface area contributed by atoms with Crippen LogP contribution < -0.4 is 4.90 Å². The normalized spacial score (nSPS) is 19.8. The van der Waals surface area contributed by atoms with Crippen LogP contribution in [0.25, 0.3) is 5.65 Å². The topological polar surface area (TPSA) is 92.8 Å². The van der Waals surface area contributed by atoms with Crippen molar-refractivity contribution < 1.29 is 14.6 Å². The Morgan fingerprint density at radius 2 is 2.37 bits per heavy atom. The van der Waals surface area contributed by atoms with Crippen LogP contribution in [0.2, 0.25) is 0 Å². The minimum Gasteiger partial charge on any atom is -0.480 e. The first-order chi connectivity index (χ1) is 9.18. The van der Waals surface area contributed by atoms with E-state index in [1.807, 2.05) is 6.92 Å². The van der Waals surface area contributed by atoms with E-state index in [0.717, 1.165) is 5.82 Å². The Labute approximate surface area is 108 Å². The van der Waals surface area contributed by atoms with Crippen molar-refractivity contribution >= 4 is 17.4 Å². The van der Waals surface area contributed by atoms with Crippen LogP contribution in [0.5, 0.6) is 0 Å². The summed E-state index contributed by atoms with van der Waals surface area (Å²) in [5, 5.41) is 17.3. The van der Waals surface area contributed by atoms with Crippen LogP contribution in [-0.2, 0) is 9.53 Å². The minimum absolute atomic E-state index is 0.144. The molecular weight excluding hydrogens is 250 g/mol. The Balaban J connectivity index is 2.09. The second-order valence-corrected chi connectivity index (χ2v) is 4.31. The molecule has 0 saturated carbocycles. The molecule has 1 fully saturated rings. The van der Waals surface area contributed by atoms with Crippen molar-refractivity contribution in [3.8, 4) is 0 Å². The van der Waals surface area contributed by atoms with Crippen molar-refractivity contribution in [2.75, 3.05) is 24.7 Å². The van der Waals surface area contributed by atoms with Crippen molar-refractivity contribution in [1.29, 1.82) is 0 Å². The third kappa shape index (κ3) is 1.89. The molecule has 3 rings (SSSR count). The summed E-state index contributed by atoms with van der Waals surface area (Å²) in [5.74, 6) is 0.331. The number of morpholine rings is 1. The van der Waals surface area contributed by atoms with E-state index in [1.165, 1.54) is 0 Å². The number of ether oxygens (including phenoxy) is 1. The summed E-state index contributed by atoms with van der Waals surface area (Å²) in [7, 11) is 0. The lowest BCUT2D eigenvalue weighted by Gasteiger charge is -2.33. The predicted octanol–water partition coefficient (Wildman–Crippen LogP) is -0.277. The van der Waals surface area contributed by atoms with Crippen LogP contribution in [0.15, 0.2) is 12.4 Å². The van der Waals surface area contributed by atoms with Crippen molar-refractivity contribution in [2.24, 2.45) is 0 Å². The molecule has 8 heteroatoms. The van der Waals surface area contributed by atoms with E-state index in [1.54, 1.807) is 21.7 Å². The smallest absolute Gasteiger partial charge is 0.328 e. The standard InChI is InChI=1S/C11H13N5O3/c1-7-13-14-10-9(12-2-3-15(7)10)16-4-5-19-6-8(16)11(17)18/h2-3,8H,4-6H2,1H3,(H,17,18). The molecule has 1 aliphatic heterocycles. The molecule has 100 valence electrons. The Hall–Kier alpha value is -2.22. The minimum atomic E-state index is -0.931. The molecular formula is C11H13N5O3. The lowest BCUT2D eigenvalue weighted by atomic mass is 10.2. The Kier molecular flexibility index (Phi) is 2.79. The van der Waals surface area contributed by atoms with Gasteiger partial charge in [0.25, 0.3) is 0 Å². The number of hydrogen-bond acceptors (Lipinski definition) is 6. The maximum absolute atomic E-state index is 11.3. The van der Waals surface area contributed by atoms with Crippen molar-refractivity contribution in [3.05, 3.63) is 18.2 Å². The largest absolute Gasteiger partial charge is 0.480 e. The van der Waals surface area contributed by atoms with E-state index in [2.05, 4.69) is 15.2 Å². The summed E-state index contributed by atoms with van der Waals surface area (Å²) in [4.78, 5) is 17.3. The fraction of sp³-hybridized carbons (Fsp3) is 0.455. The van der Waals surface area contributed by atoms with Gasteiger partial charge in [0.2, 0.25) is 5.65 Å². The highest BCUT2D eigenvalue weighted by Gasteiger charge is 2.31. The molecule has 1 N–H and O–H groups in total. The highest BCUT2D eigenvalue weighted by Crippen LogP contribution is 2.21. The highest BCUT2D eigenvalue weighted by atomic mass is 16.5. The molecule has 0 bridgehead atoms. The van der Waals surface area contributed by atoms with E-state index in [0.29, 0.717) is 24.6 Å². The molecule has 0 aromatic carbocycles. The average Bonchev–Trinajstić information content (AvgIpc) is 2.81. The third-order valence-corrected chi connectivity index (χ3v) is 3.16. The van der Waals surface area contributed by atoms with Gasteiger partial charge in [-0.1, -0.05) is 0 Å². The van der Waals surface area contributed by atoms with Gasteiger partial charge in [0.05, 0.1) is 13.2 Å². The van der Waals surface area contributed by atoms with E-state index in [-0.39, 0.29) is 6.61 Å². The third-order valence-electron chi connectivity index (χ3n) is 3.16. The number of aromatic nitrogens is 4. The molecule has 1 atom stereocenters. The number of aliphatic carboxylic acids is 1. The fourth-order valence-electron chi connectivity index (χ4n) is 2.19. The maximum Gasteiger partial charge on any atom is 0.328 e. The van der Waals surface area contributed by atoms with Crippen LogP contribution in [-0.4, -0.2) is 56.5 Å². The van der Waals surface area contributed by atoms with E-state index < -0.39 is 12.0 Å². The molecule has 0 amide bonds. The summed E-state index contributed by atoms with van der Waals surface area (Å²) in [6.07, 6.45) is 3.37. The average molecular weight is 263 g/mol. The molecule has 0 spiro atoms. The molecule has 0 radical (unpaired) electrons. The Morgan fingerprint density at radius 1 is 1.53 bits per heavy atom. The number of carbonyl (C=O) groups is 1. The molecule has 19 heavy (non-hydrogen) atoms. The monoisotopic (exact) mass is 263 g/mol. The first kappa shape index (κ1) is 11.8. The van der Waals surface area contributed by atoms with Gasteiger partial charge in [-0.05, 0) is 6.92 Å². The Morgan fingerprint density at radius 3 is 3.16 bits per heavy atom. The van der Waals surface area contributed by atoms with Crippen LogP contribution in [0.3, 0.4) is 0 Å². The number of carboxylic acid groups (broad SMARTS) is 1. The molecule has 2 aromatic heterocycles. The Bertz CT molecular complexity index is 626. The van der Waals surface area contributed by atoms with E-state index in [9.17, 15) is 9.90 Å². The molecule has 8 nitrogen and oxygen atoms in total. The summed E-state index contributed by atoms with van der Waals surface area (Å²) in [6.45, 7) is 2.91. The number of aryl methyl sites for hydroxylation is 1. The summed E-state index contributed by atoms with van der Waals surface area (Å²) < 4.78 is 7.01. The van der Waals surface area contributed by atoms with Crippen LogP contribution >= 0.6 is 0 Å². The number of anilines is 1. The highest BCUT2D eigenvalue weighted by molar-refractivity contribution is 5.80. The molecule has 3 heterocycles. The zero-order chi connectivity index (χ0) is 13.4. The van der Waals surface area contributed by atoms with Gasteiger partial charge < -0.3 is 14.7 Å². The van der Waals surface area contributed by atoms with E-state index >= 15 is 0 Å². The number of nitrogens with zero attached hydrogens (tertiary/aromatic N) is 5. The predicted molar refractivity (Wildman–Crippen MR) is 65.1 cm³/mol. The van der Waals surface area contributed by atoms with Gasteiger partial charge in [0, 0.05) is 18.9 Å². The number of rotatable bonds is 2. The van der Waals surface area contributed by atoms with Crippen LogP contribution in [0, 0.1) is 6.92 Å². The van der Waals surface area contributed by atoms with Gasteiger partial charge in [-0.25, -0.2) is 9.78 Å². The van der Waals surface area contributed by atoms with Crippen molar-refractivity contribution in [1.82, 2.24) is 19.6 Å². The lowest BCUT2D eigenvalue weighted by Crippen LogP contribution is -2.50. The van der Waals surface area contributed by atoms with Crippen molar-refractivity contribution in [2.45, 2.75) is 13.0 Å². The summed E-state index contributed by atoms with van der Waals surface area (Å²) >= 11 is 0. The zero-order valence-corrected chi connectivity index (χ0v) is 10.4. The van der Waals surface area contributed by atoms with Gasteiger partial charge >= 0.3 is 5.97 Å². The number of fused-ring (bicyclic) bond motifs is 1. The van der Waals surface area contributed by atoms with E-state index in [4.69, 9.17) is 4.74 Å². The molecule has 2 aromatic rings. The molecule has 0 aliphatic carbocycles. The van der Waals surface area contributed by atoms with Crippen LogP contribution in [0.4, 0.5) is 5.82 Å². The molecule has 1 aliphatic rings. The van der Waals surface area contributed by atoms with Gasteiger partial charge in [-0.3, -0.25) is 4.40 Å². The fourth-order valence-corrected chi connectivity index (χ4v) is 2.19. The second kappa shape index (κ2) is 4.47. The molecule has 1 saturated heterocycles. The first-order valence-corrected chi connectivity index (χ1v) is 5.92. The van der Waals surface area contributed by atoms with Gasteiger partial charge in [-0.15, -0.1) is 10.2 Å². The quantitative estimate of drug-likeness (QED) is 0.796. The van der Waals surface area contributed by atoms with Gasteiger partial charge in [0.15, 0.2) is 11.9 Å². The zero-order valence-electron chi connectivity index (χ0n) is 10.4. The van der Waals surface area contributed by atoms with Gasteiger partial charge in [-0.2, -0.15) is 0 Å². The number of carboxylic acids is 1. The number of hydrogen-bond donors (Lipinski definition) is 1. The summed E-state index contributed by atoms with van der Waals surface area (Å²) in [5.41, 5.74) is 0.563.